The highest BCUT2D eigenvalue weighted by molar-refractivity contribution is 6.54. The fraction of sp³-hybridized carbons (Fsp3) is 0.909. The molecule has 2 aliphatic rings. The molecule has 0 aromatic carbocycles. The summed E-state index contributed by atoms with van der Waals surface area (Å²) < 4.78 is 0. The molecule has 0 aromatic rings. The van der Waals surface area contributed by atoms with E-state index < -0.39 is 0 Å². The minimum atomic E-state index is 0.222. The van der Waals surface area contributed by atoms with Crippen LogP contribution in [0.1, 0.15) is 32.1 Å². The molecule has 0 aliphatic carbocycles. The van der Waals surface area contributed by atoms with Crippen LogP contribution in [0.3, 0.4) is 0 Å². The summed E-state index contributed by atoms with van der Waals surface area (Å²) in [5.41, 5.74) is 0. The van der Waals surface area contributed by atoms with Crippen LogP contribution in [-0.2, 0) is 4.79 Å². The minimum absolute atomic E-state index is 0.222. The molecule has 0 amide bonds. The highest BCUT2D eigenvalue weighted by Crippen LogP contribution is 2.17. The minimum Gasteiger partial charge on any atom is -0.317 e. The lowest BCUT2D eigenvalue weighted by Crippen LogP contribution is -2.45. The van der Waals surface area contributed by atoms with E-state index in [1.165, 1.54) is 58.3 Å². The van der Waals surface area contributed by atoms with Crippen molar-refractivity contribution in [3.63, 3.8) is 0 Å². The highest BCUT2D eigenvalue weighted by atomic mass is 35.5. The zero-order chi connectivity index (χ0) is 10.9. The molecule has 0 atom stereocenters. The average Bonchev–Trinajstić information content (AvgIpc) is 2.32. The molecule has 0 unspecified atom stereocenters. The second-order valence-corrected chi connectivity index (χ2v) is 4.35. The van der Waals surface area contributed by atoms with Crippen LogP contribution in [0.15, 0.2) is 0 Å². The van der Waals surface area contributed by atoms with Gasteiger partial charge < -0.3 is 10.2 Å². The van der Waals surface area contributed by atoms with Crippen LogP contribution in [0.4, 0.5) is 0 Å². The van der Waals surface area contributed by atoms with E-state index in [0.717, 1.165) is 6.04 Å². The first-order valence-electron chi connectivity index (χ1n) is 5.87. The number of carbonyl (C=O) groups excluding carboxylic acids is 1. The van der Waals surface area contributed by atoms with E-state index in [9.17, 15) is 0 Å². The van der Waals surface area contributed by atoms with Crippen molar-refractivity contribution in [1.82, 2.24) is 10.2 Å². The van der Waals surface area contributed by atoms with Crippen molar-refractivity contribution in [1.29, 1.82) is 0 Å². The van der Waals surface area contributed by atoms with Crippen LogP contribution < -0.4 is 5.32 Å². The van der Waals surface area contributed by atoms with E-state index in [1.807, 2.05) is 0 Å². The molecule has 0 saturated carbocycles. The van der Waals surface area contributed by atoms with Crippen molar-refractivity contribution in [2.24, 2.45) is 0 Å². The largest absolute Gasteiger partial charge is 0.317 e. The van der Waals surface area contributed by atoms with E-state index in [0.29, 0.717) is 0 Å². The van der Waals surface area contributed by atoms with Crippen LogP contribution in [0.25, 0.3) is 0 Å². The van der Waals surface area contributed by atoms with Crippen molar-refractivity contribution in [3.05, 3.63) is 0 Å². The van der Waals surface area contributed by atoms with Crippen LogP contribution in [0.2, 0.25) is 0 Å². The smallest absolute Gasteiger partial charge is 0.208 e. The van der Waals surface area contributed by atoms with Crippen molar-refractivity contribution in [2.45, 2.75) is 38.1 Å². The van der Waals surface area contributed by atoms with Crippen LogP contribution in [0, 0.1) is 0 Å². The summed E-state index contributed by atoms with van der Waals surface area (Å²) in [6.07, 6.45) is 7.08. The van der Waals surface area contributed by atoms with E-state index in [1.54, 1.807) is 0 Å². The van der Waals surface area contributed by atoms with Gasteiger partial charge in [-0.3, -0.25) is 4.79 Å². The lowest BCUT2D eigenvalue weighted by atomic mass is 10.0. The first kappa shape index (κ1) is 12.9. The molecule has 15 heavy (non-hydrogen) atoms. The number of halogens is 1. The number of nitrogens with zero attached hydrogens (tertiary/aromatic N) is 1. The number of rotatable bonds is 1. The second kappa shape index (κ2) is 8.08. The number of carbonyl (C=O) groups is 1. The monoisotopic (exact) mass is 232 g/mol. The molecule has 3 nitrogen and oxygen atoms in total. The molecule has 1 N–H and O–H groups in total. The fourth-order valence-electron chi connectivity index (χ4n) is 2.46. The van der Waals surface area contributed by atoms with Gasteiger partial charge in [-0.15, -0.1) is 0 Å². The van der Waals surface area contributed by atoms with Gasteiger partial charge in [0.05, 0.1) is 0 Å². The standard InChI is InChI=1S/C10H20N2.CHClO/c1-2-8-12(9-3-1)10-4-6-11-7-5-10;2-1-3/h10-11H,1-9H2;1H. The Morgan fingerprint density at radius 1 is 1.13 bits per heavy atom. The third kappa shape index (κ3) is 4.96. The molecule has 0 aromatic heterocycles. The van der Waals surface area contributed by atoms with E-state index >= 15 is 0 Å². The Kier molecular flexibility index (Phi) is 6.98. The normalized spacial score (nSPS) is 24.1. The lowest BCUT2D eigenvalue weighted by molar-refractivity contribution is 0.136. The number of likely N-dealkylation sites (tertiary alicyclic amines) is 1. The summed E-state index contributed by atoms with van der Waals surface area (Å²) in [4.78, 5) is 11.3. The summed E-state index contributed by atoms with van der Waals surface area (Å²) in [7, 11) is 0. The van der Waals surface area contributed by atoms with E-state index in [-0.39, 0.29) is 5.75 Å². The zero-order valence-electron chi connectivity index (χ0n) is 9.25. The van der Waals surface area contributed by atoms with Crippen LogP contribution in [0.5, 0.6) is 0 Å². The Morgan fingerprint density at radius 2 is 1.67 bits per heavy atom. The third-order valence-corrected chi connectivity index (χ3v) is 3.22. The molecular formula is C11H21ClN2O. The van der Waals surface area contributed by atoms with Crippen LogP contribution in [-0.4, -0.2) is 42.9 Å². The average molecular weight is 233 g/mol. The Bertz CT molecular complexity index is 150. The van der Waals surface area contributed by atoms with Crippen molar-refractivity contribution in [2.75, 3.05) is 26.2 Å². The van der Waals surface area contributed by atoms with E-state index in [4.69, 9.17) is 4.79 Å². The Hall–Kier alpha value is -0.120. The Balaban J connectivity index is 0.000000337. The second-order valence-electron chi connectivity index (χ2n) is 4.17. The molecule has 2 aliphatic heterocycles. The van der Waals surface area contributed by atoms with Crippen molar-refractivity contribution in [3.8, 4) is 0 Å². The van der Waals surface area contributed by atoms with Gasteiger partial charge in [-0.1, -0.05) is 6.42 Å². The van der Waals surface area contributed by atoms with Gasteiger partial charge in [0.2, 0.25) is 5.75 Å². The summed E-state index contributed by atoms with van der Waals surface area (Å²) in [6, 6.07) is 0.909. The van der Waals surface area contributed by atoms with Crippen molar-refractivity contribution < 1.29 is 4.79 Å². The summed E-state index contributed by atoms with van der Waals surface area (Å²) >= 11 is 4.32. The fourth-order valence-corrected chi connectivity index (χ4v) is 2.46. The SMILES string of the molecule is C1CCN(C2CCNCC2)CC1.O=CCl. The maximum atomic E-state index is 8.57. The number of hydrogen-bond acceptors (Lipinski definition) is 3. The molecule has 2 fully saturated rings. The van der Waals surface area contributed by atoms with Crippen LogP contribution >= 0.6 is 11.6 Å². The molecule has 2 heterocycles. The molecule has 0 radical (unpaired) electrons. The quantitative estimate of drug-likeness (QED) is 0.551. The first-order chi connectivity index (χ1) is 7.38. The summed E-state index contributed by atoms with van der Waals surface area (Å²) in [5, 5.41) is 3.43. The van der Waals surface area contributed by atoms with E-state index in [2.05, 4.69) is 21.8 Å². The summed E-state index contributed by atoms with van der Waals surface area (Å²) in [5.74, 6) is 0.222. The number of nitrogens with one attached hydrogen (secondary N) is 1. The van der Waals surface area contributed by atoms with Gasteiger partial charge in [0.15, 0.2) is 0 Å². The maximum Gasteiger partial charge on any atom is 0.208 e. The predicted octanol–water partition coefficient (Wildman–Crippen LogP) is 1.64. The predicted molar refractivity (Wildman–Crippen MR) is 63.9 cm³/mol. The molecule has 0 spiro atoms. The molecule has 2 saturated heterocycles. The topological polar surface area (TPSA) is 32.3 Å². The lowest BCUT2D eigenvalue weighted by Gasteiger charge is -2.36. The van der Waals surface area contributed by atoms with Gasteiger partial charge >= 0.3 is 0 Å². The Morgan fingerprint density at radius 3 is 2.20 bits per heavy atom. The highest BCUT2D eigenvalue weighted by Gasteiger charge is 2.21. The molecular weight excluding hydrogens is 212 g/mol. The number of piperidine rings is 2. The van der Waals surface area contributed by atoms with Gasteiger partial charge in [-0.05, 0) is 63.5 Å². The zero-order valence-corrected chi connectivity index (χ0v) is 10.0. The van der Waals surface area contributed by atoms with Gasteiger partial charge in [0, 0.05) is 6.04 Å². The Labute approximate surface area is 97.2 Å². The van der Waals surface area contributed by atoms with Crippen molar-refractivity contribution >= 4 is 17.3 Å². The molecule has 88 valence electrons. The van der Waals surface area contributed by atoms with Gasteiger partial charge in [0.25, 0.3) is 0 Å². The molecule has 0 bridgehead atoms. The molecule has 4 heteroatoms. The van der Waals surface area contributed by atoms with Gasteiger partial charge in [-0.2, -0.15) is 0 Å². The summed E-state index contributed by atoms with van der Waals surface area (Å²) in [6.45, 7) is 5.21. The molecule has 2 rings (SSSR count). The first-order valence-corrected chi connectivity index (χ1v) is 6.30. The number of hydrogen-bond donors (Lipinski definition) is 1. The third-order valence-electron chi connectivity index (χ3n) is 3.22. The van der Waals surface area contributed by atoms with Gasteiger partial charge in [0.1, 0.15) is 0 Å². The van der Waals surface area contributed by atoms with Gasteiger partial charge in [-0.25, -0.2) is 0 Å². The maximum absolute atomic E-state index is 8.57.